The molecule has 2 amide bonds. The minimum atomic E-state index is -1.20. The normalized spacial score (nSPS) is 20.6. The molecule has 0 unspecified atom stereocenters. The van der Waals surface area contributed by atoms with Gasteiger partial charge in [0, 0.05) is 42.4 Å². The molecule has 2 aliphatic rings. The standard InChI is InChI=1S/C23H25ClF2N4O3/c1-22(2,3)33-21(32)30-9-12(10-30)29-19-18(26)16-13(8-27-19)20(31)28-11-23(16,4)14-6-5-7-15(24)17(14)25/h5-8,12H,9-11H2,1-4H3,(H,27,29)(H,28,31)/t23-/m1/s1. The number of rotatable bonds is 3. The number of likely N-dealkylation sites (tertiary alicyclic amines) is 1. The van der Waals surface area contributed by atoms with Crippen molar-refractivity contribution in [2.75, 3.05) is 25.0 Å². The number of halogens is 3. The number of amides is 2. The van der Waals surface area contributed by atoms with Gasteiger partial charge in [0.05, 0.1) is 16.6 Å². The third-order valence-corrected chi connectivity index (χ3v) is 6.13. The number of fused-ring (bicyclic) bond motifs is 1. The van der Waals surface area contributed by atoms with Crippen molar-refractivity contribution in [1.29, 1.82) is 0 Å². The van der Waals surface area contributed by atoms with Gasteiger partial charge in [-0.2, -0.15) is 0 Å². The maximum Gasteiger partial charge on any atom is 0.410 e. The van der Waals surface area contributed by atoms with Gasteiger partial charge in [-0.05, 0) is 33.8 Å². The maximum atomic E-state index is 15.8. The Morgan fingerprint density at radius 3 is 2.67 bits per heavy atom. The van der Waals surface area contributed by atoms with E-state index >= 15 is 4.39 Å². The first-order valence-corrected chi connectivity index (χ1v) is 10.9. The van der Waals surface area contributed by atoms with E-state index in [-0.39, 0.29) is 40.1 Å². The summed E-state index contributed by atoms with van der Waals surface area (Å²) in [5.74, 6) is -1.95. The van der Waals surface area contributed by atoms with E-state index in [1.165, 1.54) is 23.2 Å². The van der Waals surface area contributed by atoms with Crippen LogP contribution in [0.25, 0.3) is 0 Å². The zero-order valence-corrected chi connectivity index (χ0v) is 19.5. The van der Waals surface area contributed by atoms with Gasteiger partial charge in [-0.3, -0.25) is 4.79 Å². The van der Waals surface area contributed by atoms with Crippen LogP contribution in [-0.2, 0) is 10.2 Å². The Bertz CT molecular complexity index is 1130. The van der Waals surface area contributed by atoms with Crippen molar-refractivity contribution in [2.24, 2.45) is 0 Å². The number of carbonyl (C=O) groups excluding carboxylic acids is 2. The molecule has 2 aromatic rings. The summed E-state index contributed by atoms with van der Waals surface area (Å²) in [6, 6.07) is 4.28. The molecule has 10 heteroatoms. The monoisotopic (exact) mass is 478 g/mol. The molecule has 0 bridgehead atoms. The van der Waals surface area contributed by atoms with Crippen LogP contribution < -0.4 is 10.6 Å². The van der Waals surface area contributed by atoms with E-state index in [1.54, 1.807) is 33.8 Å². The molecule has 7 nitrogen and oxygen atoms in total. The van der Waals surface area contributed by atoms with E-state index in [2.05, 4.69) is 15.6 Å². The molecule has 0 spiro atoms. The number of benzene rings is 1. The van der Waals surface area contributed by atoms with Crippen LogP contribution in [0.4, 0.5) is 19.4 Å². The van der Waals surface area contributed by atoms with Gasteiger partial charge in [-0.1, -0.05) is 23.7 Å². The van der Waals surface area contributed by atoms with Gasteiger partial charge in [0.2, 0.25) is 0 Å². The Kier molecular flexibility index (Phi) is 5.72. The lowest BCUT2D eigenvalue weighted by Crippen LogP contribution is -2.58. The average Bonchev–Trinajstić information content (AvgIpc) is 2.69. The molecule has 1 atom stereocenters. The van der Waals surface area contributed by atoms with Crippen LogP contribution in [0.2, 0.25) is 5.02 Å². The number of hydrogen-bond acceptors (Lipinski definition) is 5. The molecule has 176 valence electrons. The number of nitrogens with zero attached hydrogens (tertiary/aromatic N) is 2. The second kappa shape index (κ2) is 8.13. The minimum absolute atomic E-state index is 0.00762. The van der Waals surface area contributed by atoms with E-state index in [0.29, 0.717) is 13.1 Å². The number of carbonyl (C=O) groups is 2. The van der Waals surface area contributed by atoms with Gasteiger partial charge in [0.25, 0.3) is 5.91 Å². The second-order valence-corrected chi connectivity index (χ2v) is 9.96. The van der Waals surface area contributed by atoms with Crippen LogP contribution in [0.15, 0.2) is 24.4 Å². The number of hydrogen-bond donors (Lipinski definition) is 2. The lowest BCUT2D eigenvalue weighted by atomic mass is 9.72. The van der Waals surface area contributed by atoms with Crippen LogP contribution in [-0.4, -0.2) is 53.2 Å². The van der Waals surface area contributed by atoms with Gasteiger partial charge in [-0.15, -0.1) is 0 Å². The summed E-state index contributed by atoms with van der Waals surface area (Å²) in [7, 11) is 0. The summed E-state index contributed by atoms with van der Waals surface area (Å²) in [6.07, 6.45) is 0.834. The molecule has 33 heavy (non-hydrogen) atoms. The van der Waals surface area contributed by atoms with Crippen molar-refractivity contribution >= 4 is 29.4 Å². The Hall–Kier alpha value is -2.94. The molecule has 2 N–H and O–H groups in total. The van der Waals surface area contributed by atoms with Crippen molar-refractivity contribution in [3.8, 4) is 0 Å². The number of nitrogens with one attached hydrogen (secondary N) is 2. The molecule has 1 aromatic carbocycles. The van der Waals surface area contributed by atoms with E-state index < -0.39 is 34.7 Å². The van der Waals surface area contributed by atoms with Crippen molar-refractivity contribution < 1.29 is 23.1 Å². The van der Waals surface area contributed by atoms with Crippen molar-refractivity contribution in [3.63, 3.8) is 0 Å². The van der Waals surface area contributed by atoms with Crippen LogP contribution in [0.1, 0.15) is 49.2 Å². The Balaban J connectivity index is 1.62. The summed E-state index contributed by atoms with van der Waals surface area (Å²) in [5.41, 5.74) is -1.55. The first-order valence-electron chi connectivity index (χ1n) is 10.6. The fraction of sp³-hybridized carbons (Fsp3) is 0.435. The predicted molar refractivity (Wildman–Crippen MR) is 120 cm³/mol. The third kappa shape index (κ3) is 4.21. The van der Waals surface area contributed by atoms with Crippen molar-refractivity contribution in [3.05, 3.63) is 57.7 Å². The topological polar surface area (TPSA) is 83.6 Å². The highest BCUT2D eigenvalue weighted by Gasteiger charge is 2.43. The lowest BCUT2D eigenvalue weighted by Gasteiger charge is -2.41. The maximum absolute atomic E-state index is 15.8. The smallest absolute Gasteiger partial charge is 0.410 e. The van der Waals surface area contributed by atoms with Crippen LogP contribution in [0.5, 0.6) is 0 Å². The predicted octanol–water partition coefficient (Wildman–Crippen LogP) is 4.09. The number of pyridine rings is 1. The third-order valence-electron chi connectivity index (χ3n) is 5.84. The average molecular weight is 479 g/mol. The Labute approximate surface area is 195 Å². The molecular formula is C23H25ClF2N4O3. The van der Waals surface area contributed by atoms with Crippen LogP contribution in [0, 0.1) is 11.6 Å². The molecule has 0 radical (unpaired) electrons. The molecule has 2 aliphatic heterocycles. The Morgan fingerprint density at radius 2 is 2.00 bits per heavy atom. The van der Waals surface area contributed by atoms with Gasteiger partial charge in [0.15, 0.2) is 11.6 Å². The fourth-order valence-corrected chi connectivity index (χ4v) is 4.31. The first kappa shape index (κ1) is 23.2. The molecule has 1 aromatic heterocycles. The summed E-state index contributed by atoms with van der Waals surface area (Å²) in [6.45, 7) is 7.61. The SMILES string of the molecule is CC(C)(C)OC(=O)N1CC(Nc2ncc3c(c2F)[C@@](C)(c2cccc(Cl)c2F)CNC3=O)C1. The largest absolute Gasteiger partial charge is 0.444 e. The summed E-state index contributed by atoms with van der Waals surface area (Å²) in [5, 5.41) is 5.59. The highest BCUT2D eigenvalue weighted by atomic mass is 35.5. The minimum Gasteiger partial charge on any atom is -0.444 e. The zero-order chi connectivity index (χ0) is 24.1. The van der Waals surface area contributed by atoms with E-state index in [0.717, 1.165) is 0 Å². The first-order chi connectivity index (χ1) is 15.4. The summed E-state index contributed by atoms with van der Waals surface area (Å²) < 4.78 is 36.0. The van der Waals surface area contributed by atoms with Crippen LogP contribution in [0.3, 0.4) is 0 Å². The van der Waals surface area contributed by atoms with E-state index in [9.17, 15) is 14.0 Å². The highest BCUT2D eigenvalue weighted by molar-refractivity contribution is 6.30. The van der Waals surface area contributed by atoms with Crippen molar-refractivity contribution in [1.82, 2.24) is 15.2 Å². The molecule has 0 saturated carbocycles. The molecule has 3 heterocycles. The van der Waals surface area contributed by atoms with Crippen LogP contribution >= 0.6 is 11.6 Å². The van der Waals surface area contributed by atoms with Crippen molar-refractivity contribution in [2.45, 2.75) is 44.8 Å². The molecule has 4 rings (SSSR count). The molecule has 1 fully saturated rings. The number of aromatic nitrogens is 1. The number of ether oxygens (including phenoxy) is 1. The highest BCUT2D eigenvalue weighted by Crippen LogP contribution is 2.41. The quantitative estimate of drug-likeness (QED) is 0.694. The van der Waals surface area contributed by atoms with E-state index in [4.69, 9.17) is 16.3 Å². The van der Waals surface area contributed by atoms with E-state index in [1.807, 2.05) is 0 Å². The summed E-state index contributed by atoms with van der Waals surface area (Å²) in [4.78, 5) is 30.1. The second-order valence-electron chi connectivity index (χ2n) is 9.55. The summed E-state index contributed by atoms with van der Waals surface area (Å²) >= 11 is 5.97. The zero-order valence-electron chi connectivity index (χ0n) is 18.8. The van der Waals surface area contributed by atoms with Gasteiger partial charge in [0.1, 0.15) is 11.4 Å². The molecule has 1 saturated heterocycles. The molecule has 0 aliphatic carbocycles. The van der Waals surface area contributed by atoms with Gasteiger partial charge < -0.3 is 20.3 Å². The lowest BCUT2D eigenvalue weighted by molar-refractivity contribution is 0.0104. The Morgan fingerprint density at radius 1 is 1.30 bits per heavy atom. The van der Waals surface area contributed by atoms with Gasteiger partial charge >= 0.3 is 6.09 Å². The number of anilines is 1. The molecular weight excluding hydrogens is 454 g/mol. The van der Waals surface area contributed by atoms with Gasteiger partial charge in [-0.25, -0.2) is 18.6 Å². The fourth-order valence-electron chi connectivity index (χ4n) is 4.14.